The van der Waals surface area contributed by atoms with Crippen LogP contribution in [0.2, 0.25) is 5.02 Å². The summed E-state index contributed by atoms with van der Waals surface area (Å²) in [5.41, 5.74) is 1.64. The number of aryl methyl sites for hydroxylation is 1. The van der Waals surface area contributed by atoms with Gasteiger partial charge in [0, 0.05) is 24.0 Å². The van der Waals surface area contributed by atoms with Gasteiger partial charge in [-0.25, -0.2) is 0 Å². The third-order valence-corrected chi connectivity index (χ3v) is 3.22. The number of hydrogen-bond acceptors (Lipinski definition) is 2. The molecule has 1 saturated heterocycles. The largest absolute Gasteiger partial charge is 0.309 e. The summed E-state index contributed by atoms with van der Waals surface area (Å²) in [6.45, 7) is 2.56. The number of hydrogen-bond donors (Lipinski definition) is 0. The van der Waals surface area contributed by atoms with E-state index in [0.29, 0.717) is 18.0 Å². The highest BCUT2D eigenvalue weighted by Gasteiger charge is 2.29. The minimum atomic E-state index is 0.115. The van der Waals surface area contributed by atoms with E-state index >= 15 is 0 Å². The number of rotatable bonds is 1. The number of aromatic nitrogens is 1. The van der Waals surface area contributed by atoms with Crippen LogP contribution in [0.5, 0.6) is 0 Å². The van der Waals surface area contributed by atoms with Crippen molar-refractivity contribution in [2.45, 2.75) is 18.2 Å². The standard InChI is InChI=1S/C10H10BrClN2O/c1-6-9(3-8(12)4-13-6)14-5-7(11)2-10(14)15/h3-4,7H,2,5H2,1H3. The summed E-state index contributed by atoms with van der Waals surface area (Å²) >= 11 is 9.31. The molecule has 1 atom stereocenters. The van der Waals surface area contributed by atoms with E-state index in [1.165, 1.54) is 0 Å². The second-order valence-corrected chi connectivity index (χ2v) is 5.30. The van der Waals surface area contributed by atoms with Gasteiger partial charge in [0.2, 0.25) is 5.91 Å². The molecule has 1 aliphatic rings. The topological polar surface area (TPSA) is 33.2 Å². The molecule has 0 spiro atoms. The van der Waals surface area contributed by atoms with Crippen molar-refractivity contribution in [2.75, 3.05) is 11.4 Å². The fourth-order valence-corrected chi connectivity index (χ4v) is 2.39. The van der Waals surface area contributed by atoms with Crippen molar-refractivity contribution in [3.63, 3.8) is 0 Å². The molecular weight excluding hydrogens is 279 g/mol. The van der Waals surface area contributed by atoms with Crippen LogP contribution in [0, 0.1) is 6.92 Å². The van der Waals surface area contributed by atoms with E-state index < -0.39 is 0 Å². The maximum atomic E-state index is 11.7. The molecular formula is C10H10BrClN2O. The molecule has 0 aliphatic carbocycles. The summed E-state index contributed by atoms with van der Waals surface area (Å²) in [4.78, 5) is 17.8. The Morgan fingerprint density at radius 2 is 2.40 bits per heavy atom. The zero-order chi connectivity index (χ0) is 11.0. The van der Waals surface area contributed by atoms with Crippen LogP contribution in [0.1, 0.15) is 12.1 Å². The number of anilines is 1. The average molecular weight is 290 g/mol. The Morgan fingerprint density at radius 1 is 1.67 bits per heavy atom. The summed E-state index contributed by atoms with van der Waals surface area (Å²) in [5.74, 6) is 0.115. The van der Waals surface area contributed by atoms with Crippen LogP contribution in [-0.4, -0.2) is 22.3 Å². The van der Waals surface area contributed by atoms with Crippen LogP contribution in [0.4, 0.5) is 5.69 Å². The molecule has 0 N–H and O–H groups in total. The van der Waals surface area contributed by atoms with Crippen LogP contribution >= 0.6 is 27.5 Å². The first-order chi connectivity index (χ1) is 7.08. The van der Waals surface area contributed by atoms with Gasteiger partial charge in [-0.2, -0.15) is 0 Å². The van der Waals surface area contributed by atoms with Gasteiger partial charge in [-0.15, -0.1) is 0 Å². The van der Waals surface area contributed by atoms with Gasteiger partial charge in [0.15, 0.2) is 0 Å². The van der Waals surface area contributed by atoms with Crippen LogP contribution < -0.4 is 4.90 Å². The van der Waals surface area contributed by atoms with Crippen LogP contribution in [-0.2, 0) is 4.79 Å². The summed E-state index contributed by atoms with van der Waals surface area (Å²) in [6, 6.07) is 1.78. The maximum Gasteiger partial charge on any atom is 0.228 e. The molecule has 0 bridgehead atoms. The molecule has 1 amide bonds. The fourth-order valence-electron chi connectivity index (χ4n) is 1.67. The maximum absolute atomic E-state index is 11.7. The zero-order valence-corrected chi connectivity index (χ0v) is 10.5. The number of carbonyl (C=O) groups excluding carboxylic acids is 1. The fraction of sp³-hybridized carbons (Fsp3) is 0.400. The van der Waals surface area contributed by atoms with Gasteiger partial charge >= 0.3 is 0 Å². The van der Waals surface area contributed by atoms with Gasteiger partial charge in [0.25, 0.3) is 0 Å². The molecule has 0 radical (unpaired) electrons. The number of alkyl halides is 1. The van der Waals surface area contributed by atoms with E-state index in [2.05, 4.69) is 20.9 Å². The van der Waals surface area contributed by atoms with E-state index in [0.717, 1.165) is 11.4 Å². The number of nitrogens with zero attached hydrogens (tertiary/aromatic N) is 2. The molecule has 3 nitrogen and oxygen atoms in total. The minimum absolute atomic E-state index is 0.115. The average Bonchev–Trinajstić information content (AvgIpc) is 2.50. The number of carbonyl (C=O) groups is 1. The molecule has 1 aromatic heterocycles. The molecule has 0 aromatic carbocycles. The van der Waals surface area contributed by atoms with Crippen molar-refractivity contribution < 1.29 is 4.79 Å². The van der Waals surface area contributed by atoms with Crippen molar-refractivity contribution >= 4 is 39.1 Å². The Labute approximate surface area is 102 Å². The Balaban J connectivity index is 2.37. The van der Waals surface area contributed by atoms with Gasteiger partial charge in [0.05, 0.1) is 16.4 Å². The minimum Gasteiger partial charge on any atom is -0.309 e. The van der Waals surface area contributed by atoms with Crippen molar-refractivity contribution in [2.24, 2.45) is 0 Å². The highest BCUT2D eigenvalue weighted by atomic mass is 79.9. The lowest BCUT2D eigenvalue weighted by Gasteiger charge is -2.17. The van der Waals surface area contributed by atoms with Gasteiger partial charge in [-0.05, 0) is 13.0 Å². The second kappa shape index (κ2) is 4.10. The smallest absolute Gasteiger partial charge is 0.228 e. The van der Waals surface area contributed by atoms with Crippen LogP contribution in [0.3, 0.4) is 0 Å². The normalized spacial score (nSPS) is 21.1. The molecule has 1 aliphatic heterocycles. The molecule has 15 heavy (non-hydrogen) atoms. The highest BCUT2D eigenvalue weighted by molar-refractivity contribution is 9.09. The molecule has 2 heterocycles. The highest BCUT2D eigenvalue weighted by Crippen LogP contribution is 2.28. The predicted octanol–water partition coefficient (Wildman–Crippen LogP) is 2.54. The number of amides is 1. The first kappa shape index (κ1) is 10.9. The van der Waals surface area contributed by atoms with Gasteiger partial charge < -0.3 is 4.90 Å². The number of pyridine rings is 1. The van der Waals surface area contributed by atoms with E-state index in [9.17, 15) is 4.79 Å². The summed E-state index contributed by atoms with van der Waals surface area (Å²) < 4.78 is 0. The SMILES string of the molecule is Cc1ncc(Cl)cc1N1CC(Br)CC1=O. The molecule has 1 fully saturated rings. The Bertz CT molecular complexity index is 410. The summed E-state index contributed by atoms with van der Waals surface area (Å²) in [6.07, 6.45) is 2.12. The lowest BCUT2D eigenvalue weighted by molar-refractivity contribution is -0.117. The Kier molecular flexibility index (Phi) is 2.98. The van der Waals surface area contributed by atoms with Crippen molar-refractivity contribution in [3.05, 3.63) is 23.0 Å². The second-order valence-electron chi connectivity index (χ2n) is 3.56. The van der Waals surface area contributed by atoms with Gasteiger partial charge in [0.1, 0.15) is 0 Å². The molecule has 80 valence electrons. The van der Waals surface area contributed by atoms with Crippen LogP contribution in [0.25, 0.3) is 0 Å². The predicted molar refractivity (Wildman–Crippen MR) is 63.7 cm³/mol. The lowest BCUT2D eigenvalue weighted by Crippen LogP contribution is -2.25. The first-order valence-corrected chi connectivity index (χ1v) is 5.94. The van der Waals surface area contributed by atoms with Gasteiger partial charge in [-0.3, -0.25) is 9.78 Å². The quantitative estimate of drug-likeness (QED) is 0.744. The van der Waals surface area contributed by atoms with E-state index in [-0.39, 0.29) is 10.7 Å². The van der Waals surface area contributed by atoms with E-state index in [4.69, 9.17) is 11.6 Å². The zero-order valence-electron chi connectivity index (χ0n) is 8.20. The van der Waals surface area contributed by atoms with Gasteiger partial charge in [-0.1, -0.05) is 27.5 Å². The third kappa shape index (κ3) is 2.16. The van der Waals surface area contributed by atoms with E-state index in [1.807, 2.05) is 6.92 Å². The molecule has 2 rings (SSSR count). The molecule has 1 unspecified atom stereocenters. The monoisotopic (exact) mass is 288 g/mol. The molecule has 1 aromatic rings. The first-order valence-electron chi connectivity index (χ1n) is 4.64. The number of halogens is 2. The van der Waals surface area contributed by atoms with Crippen molar-refractivity contribution in [1.82, 2.24) is 4.98 Å². The Hall–Kier alpha value is -0.610. The van der Waals surface area contributed by atoms with Crippen molar-refractivity contribution in [1.29, 1.82) is 0 Å². The van der Waals surface area contributed by atoms with Crippen molar-refractivity contribution in [3.8, 4) is 0 Å². The molecule has 0 saturated carbocycles. The Morgan fingerprint density at radius 3 is 3.00 bits per heavy atom. The summed E-state index contributed by atoms with van der Waals surface area (Å²) in [5, 5.41) is 0.557. The van der Waals surface area contributed by atoms with Crippen LogP contribution in [0.15, 0.2) is 12.3 Å². The summed E-state index contributed by atoms with van der Waals surface area (Å²) in [7, 11) is 0. The third-order valence-electron chi connectivity index (χ3n) is 2.40. The van der Waals surface area contributed by atoms with E-state index in [1.54, 1.807) is 17.2 Å². The lowest BCUT2D eigenvalue weighted by atomic mass is 10.3. The molecule has 5 heteroatoms.